The van der Waals surface area contributed by atoms with Gasteiger partial charge in [-0.05, 0) is 12.3 Å². The molecule has 0 aliphatic carbocycles. The van der Waals surface area contributed by atoms with Gasteiger partial charge in [0.1, 0.15) is 5.82 Å². The molecule has 1 fully saturated rings. The van der Waals surface area contributed by atoms with Crippen LogP contribution in [0, 0.1) is 5.92 Å². The predicted octanol–water partition coefficient (Wildman–Crippen LogP) is 2.88. The third-order valence-electron chi connectivity index (χ3n) is 4.57. The summed E-state index contributed by atoms with van der Waals surface area (Å²) in [5.74, 6) is 2.21. The van der Waals surface area contributed by atoms with E-state index in [0.717, 1.165) is 62.6 Å². The summed E-state index contributed by atoms with van der Waals surface area (Å²) in [7, 11) is 0. The van der Waals surface area contributed by atoms with Crippen LogP contribution < -0.4 is 10.2 Å². The minimum atomic E-state index is 0.635. The molecule has 0 unspecified atom stereocenters. The van der Waals surface area contributed by atoms with E-state index < -0.39 is 0 Å². The number of hydrogen-bond acceptors (Lipinski definition) is 5. The number of amides is 1. The Morgan fingerprint density at radius 2 is 1.85 bits per heavy atom. The Labute approximate surface area is 155 Å². The molecule has 0 atom stereocenters. The molecule has 1 saturated heterocycles. The van der Waals surface area contributed by atoms with Gasteiger partial charge in [-0.1, -0.05) is 44.2 Å². The molecule has 3 rings (SSSR count). The molecule has 6 nitrogen and oxygen atoms in total. The van der Waals surface area contributed by atoms with Crippen molar-refractivity contribution in [3.05, 3.63) is 36.4 Å². The summed E-state index contributed by atoms with van der Waals surface area (Å²) in [4.78, 5) is 24.4. The molecule has 2 aromatic rings. The van der Waals surface area contributed by atoms with E-state index in [1.807, 2.05) is 24.3 Å². The molecule has 1 aliphatic rings. The van der Waals surface area contributed by atoms with Crippen LogP contribution in [0.5, 0.6) is 0 Å². The van der Waals surface area contributed by atoms with Crippen LogP contribution in [0.15, 0.2) is 36.4 Å². The zero-order chi connectivity index (χ0) is 18.4. The predicted molar refractivity (Wildman–Crippen MR) is 105 cm³/mol. The van der Waals surface area contributed by atoms with Gasteiger partial charge in [0.25, 0.3) is 0 Å². The maximum absolute atomic E-state index is 10.9. The second-order valence-corrected chi connectivity index (χ2v) is 7.04. The van der Waals surface area contributed by atoms with Crippen LogP contribution >= 0.6 is 0 Å². The van der Waals surface area contributed by atoms with E-state index in [-0.39, 0.29) is 0 Å². The topological polar surface area (TPSA) is 61.4 Å². The van der Waals surface area contributed by atoms with Crippen LogP contribution in [0.3, 0.4) is 0 Å². The molecular formula is C20H27N5O. The first-order valence-electron chi connectivity index (χ1n) is 9.28. The molecular weight excluding hydrogens is 326 g/mol. The van der Waals surface area contributed by atoms with Crippen molar-refractivity contribution < 1.29 is 4.79 Å². The van der Waals surface area contributed by atoms with E-state index >= 15 is 0 Å². The van der Waals surface area contributed by atoms with Crippen molar-refractivity contribution in [2.24, 2.45) is 5.92 Å². The number of nitrogens with one attached hydrogen (secondary N) is 1. The van der Waals surface area contributed by atoms with E-state index in [1.54, 1.807) is 4.90 Å². The van der Waals surface area contributed by atoms with Crippen LogP contribution in [0.2, 0.25) is 0 Å². The first kappa shape index (κ1) is 18.2. The van der Waals surface area contributed by atoms with Gasteiger partial charge in [0, 0.05) is 44.4 Å². The normalized spacial score (nSPS) is 14.6. The Morgan fingerprint density at radius 1 is 1.12 bits per heavy atom. The van der Waals surface area contributed by atoms with E-state index in [1.165, 1.54) is 0 Å². The number of aromatic nitrogens is 2. The average Bonchev–Trinajstić information content (AvgIpc) is 2.68. The van der Waals surface area contributed by atoms with Crippen LogP contribution in [-0.4, -0.2) is 54.0 Å². The minimum Gasteiger partial charge on any atom is -0.354 e. The van der Waals surface area contributed by atoms with Gasteiger partial charge in [-0.25, -0.2) is 4.98 Å². The minimum absolute atomic E-state index is 0.635. The van der Waals surface area contributed by atoms with Gasteiger partial charge in [0.15, 0.2) is 0 Å². The highest BCUT2D eigenvalue weighted by molar-refractivity contribution is 5.65. The van der Waals surface area contributed by atoms with Crippen LogP contribution in [0.4, 0.5) is 11.8 Å². The molecule has 2 heterocycles. The number of nitrogens with zero attached hydrogens (tertiary/aromatic N) is 4. The number of rotatable bonds is 7. The first-order valence-corrected chi connectivity index (χ1v) is 9.28. The summed E-state index contributed by atoms with van der Waals surface area (Å²) >= 11 is 0. The highest BCUT2D eigenvalue weighted by atomic mass is 16.1. The molecule has 0 radical (unpaired) electrons. The highest BCUT2D eigenvalue weighted by Crippen LogP contribution is 2.24. The molecule has 1 aliphatic heterocycles. The molecule has 138 valence electrons. The van der Waals surface area contributed by atoms with Crippen molar-refractivity contribution in [1.82, 2.24) is 14.9 Å². The summed E-state index contributed by atoms with van der Waals surface area (Å²) in [6.07, 6.45) is 2.00. The fourth-order valence-electron chi connectivity index (χ4n) is 2.96. The standard InChI is InChI=1S/C20H27N5O/c1-16(2)8-9-21-20-22-18(17-6-4-3-5-7-17)14-19(23-20)25-12-10-24(15-26)11-13-25/h3-7,14-16H,8-13H2,1-2H3,(H,21,22,23). The SMILES string of the molecule is CC(C)CCNc1nc(-c2ccccc2)cc(N2CCN(C=O)CC2)n1. The molecule has 1 amide bonds. The van der Waals surface area contributed by atoms with Gasteiger partial charge in [0.05, 0.1) is 5.69 Å². The smallest absolute Gasteiger partial charge is 0.225 e. The molecule has 0 saturated carbocycles. The summed E-state index contributed by atoms with van der Waals surface area (Å²) in [5, 5.41) is 3.37. The number of benzene rings is 1. The lowest BCUT2D eigenvalue weighted by Gasteiger charge is -2.33. The first-order chi connectivity index (χ1) is 12.7. The van der Waals surface area contributed by atoms with E-state index in [0.29, 0.717) is 11.9 Å². The quantitative estimate of drug-likeness (QED) is 0.776. The van der Waals surface area contributed by atoms with E-state index in [2.05, 4.69) is 36.2 Å². The van der Waals surface area contributed by atoms with Gasteiger partial charge in [-0.3, -0.25) is 4.79 Å². The molecule has 1 aromatic carbocycles. The van der Waals surface area contributed by atoms with Crippen molar-refractivity contribution in [1.29, 1.82) is 0 Å². The highest BCUT2D eigenvalue weighted by Gasteiger charge is 2.18. The van der Waals surface area contributed by atoms with Gasteiger partial charge in [-0.15, -0.1) is 0 Å². The summed E-state index contributed by atoms with van der Waals surface area (Å²) < 4.78 is 0. The Morgan fingerprint density at radius 3 is 2.50 bits per heavy atom. The number of anilines is 2. The molecule has 1 N–H and O–H groups in total. The molecule has 1 aromatic heterocycles. The van der Waals surface area contributed by atoms with Gasteiger partial charge >= 0.3 is 0 Å². The third-order valence-corrected chi connectivity index (χ3v) is 4.57. The number of carbonyl (C=O) groups excluding carboxylic acids is 1. The zero-order valence-electron chi connectivity index (χ0n) is 15.6. The molecule has 0 bridgehead atoms. The third kappa shape index (κ3) is 4.71. The Balaban J connectivity index is 1.84. The van der Waals surface area contributed by atoms with Crippen molar-refractivity contribution in [2.45, 2.75) is 20.3 Å². The molecule has 26 heavy (non-hydrogen) atoms. The van der Waals surface area contributed by atoms with Gasteiger partial charge in [0.2, 0.25) is 12.4 Å². The lowest BCUT2D eigenvalue weighted by molar-refractivity contribution is -0.118. The summed E-state index contributed by atoms with van der Waals surface area (Å²) in [6.45, 7) is 8.30. The van der Waals surface area contributed by atoms with E-state index in [4.69, 9.17) is 9.97 Å². The summed E-state index contributed by atoms with van der Waals surface area (Å²) in [6, 6.07) is 12.2. The maximum atomic E-state index is 10.9. The fourth-order valence-corrected chi connectivity index (χ4v) is 2.96. The maximum Gasteiger partial charge on any atom is 0.225 e. The van der Waals surface area contributed by atoms with Crippen molar-refractivity contribution in [3.8, 4) is 11.3 Å². The molecule has 0 spiro atoms. The lowest BCUT2D eigenvalue weighted by Crippen LogP contribution is -2.46. The number of hydrogen-bond donors (Lipinski definition) is 1. The Hall–Kier alpha value is -2.63. The monoisotopic (exact) mass is 353 g/mol. The number of carbonyl (C=O) groups is 1. The second-order valence-electron chi connectivity index (χ2n) is 7.04. The largest absolute Gasteiger partial charge is 0.354 e. The summed E-state index contributed by atoms with van der Waals surface area (Å²) in [5.41, 5.74) is 2.00. The van der Waals surface area contributed by atoms with Crippen molar-refractivity contribution in [3.63, 3.8) is 0 Å². The van der Waals surface area contributed by atoms with Crippen molar-refractivity contribution in [2.75, 3.05) is 42.9 Å². The lowest BCUT2D eigenvalue weighted by atomic mass is 10.1. The Kier molecular flexibility index (Phi) is 6.04. The zero-order valence-corrected chi connectivity index (χ0v) is 15.6. The average molecular weight is 353 g/mol. The van der Waals surface area contributed by atoms with Gasteiger partial charge < -0.3 is 15.1 Å². The van der Waals surface area contributed by atoms with Crippen LogP contribution in [0.25, 0.3) is 11.3 Å². The second kappa shape index (κ2) is 8.65. The van der Waals surface area contributed by atoms with Gasteiger partial charge in [-0.2, -0.15) is 4.98 Å². The van der Waals surface area contributed by atoms with Crippen LogP contribution in [-0.2, 0) is 4.79 Å². The Bertz CT molecular complexity index is 711. The molecule has 6 heteroatoms. The van der Waals surface area contributed by atoms with Crippen LogP contribution in [0.1, 0.15) is 20.3 Å². The van der Waals surface area contributed by atoms with E-state index in [9.17, 15) is 4.79 Å². The number of piperazine rings is 1. The van der Waals surface area contributed by atoms with Crippen molar-refractivity contribution >= 4 is 18.2 Å². The fraction of sp³-hybridized carbons (Fsp3) is 0.450.